The van der Waals surface area contributed by atoms with Crippen LogP contribution in [-0.4, -0.2) is 22.6 Å². The quantitative estimate of drug-likeness (QED) is 0.715. The Hall–Kier alpha value is -0.180. The molecule has 0 amide bonds. The summed E-state index contributed by atoms with van der Waals surface area (Å²) < 4.78 is 0. The minimum atomic E-state index is -0.568. The van der Waals surface area contributed by atoms with Gasteiger partial charge in [0.2, 0.25) is 0 Å². The molecule has 2 aliphatic carbocycles. The molecule has 2 fully saturated rings. The second-order valence-electron chi connectivity index (χ2n) is 3.90. The van der Waals surface area contributed by atoms with E-state index in [1.807, 2.05) is 6.26 Å². The van der Waals surface area contributed by atoms with E-state index >= 15 is 0 Å². The standard InChI is InChI=1S/C9H14O2S/c1-12-8-6-3-2-5(4-6)7(8)9(10)11/h5-8H,2-4H2,1H3,(H,10,11)/t5-,6+,7-,8+/m1/s1. The number of hydrogen-bond acceptors (Lipinski definition) is 2. The molecule has 0 aromatic heterocycles. The van der Waals surface area contributed by atoms with Crippen LogP contribution in [0.1, 0.15) is 19.3 Å². The molecule has 2 bridgehead atoms. The Morgan fingerprint density at radius 1 is 1.42 bits per heavy atom. The Labute approximate surface area is 76.7 Å². The van der Waals surface area contributed by atoms with Crippen LogP contribution < -0.4 is 0 Å². The van der Waals surface area contributed by atoms with Gasteiger partial charge in [-0.1, -0.05) is 0 Å². The zero-order valence-corrected chi connectivity index (χ0v) is 8.01. The lowest BCUT2D eigenvalue weighted by Gasteiger charge is -2.26. The number of aliphatic carboxylic acids is 1. The van der Waals surface area contributed by atoms with Gasteiger partial charge >= 0.3 is 5.97 Å². The molecule has 0 spiro atoms. The molecule has 2 rings (SSSR count). The van der Waals surface area contributed by atoms with Crippen molar-refractivity contribution >= 4 is 17.7 Å². The van der Waals surface area contributed by atoms with Crippen molar-refractivity contribution in [2.45, 2.75) is 24.5 Å². The molecule has 2 aliphatic rings. The van der Waals surface area contributed by atoms with Crippen LogP contribution in [0.5, 0.6) is 0 Å². The van der Waals surface area contributed by atoms with Crippen molar-refractivity contribution in [2.24, 2.45) is 17.8 Å². The fraction of sp³-hybridized carbons (Fsp3) is 0.889. The average molecular weight is 186 g/mol. The molecule has 0 saturated heterocycles. The van der Waals surface area contributed by atoms with Gasteiger partial charge in [-0.25, -0.2) is 0 Å². The highest BCUT2D eigenvalue weighted by molar-refractivity contribution is 7.99. The second-order valence-corrected chi connectivity index (χ2v) is 4.91. The first kappa shape index (κ1) is 8.42. The van der Waals surface area contributed by atoms with Crippen molar-refractivity contribution in [3.8, 4) is 0 Å². The predicted octanol–water partition coefficient (Wildman–Crippen LogP) is 1.85. The first-order chi connectivity index (χ1) is 5.74. The molecule has 2 saturated carbocycles. The maximum atomic E-state index is 10.9. The van der Waals surface area contributed by atoms with Crippen LogP contribution in [0.4, 0.5) is 0 Å². The first-order valence-electron chi connectivity index (χ1n) is 4.49. The molecule has 0 aromatic rings. The molecule has 12 heavy (non-hydrogen) atoms. The molecule has 0 aliphatic heterocycles. The van der Waals surface area contributed by atoms with E-state index in [0.717, 1.165) is 6.42 Å². The normalized spacial score (nSPS) is 45.1. The molecule has 68 valence electrons. The summed E-state index contributed by atoms with van der Waals surface area (Å²) >= 11 is 1.75. The zero-order chi connectivity index (χ0) is 8.72. The van der Waals surface area contributed by atoms with Crippen LogP contribution in [-0.2, 0) is 4.79 Å². The number of hydrogen-bond donors (Lipinski definition) is 1. The van der Waals surface area contributed by atoms with Gasteiger partial charge < -0.3 is 5.11 Å². The molecule has 4 atom stereocenters. The highest BCUT2D eigenvalue weighted by Crippen LogP contribution is 2.52. The number of thioether (sulfide) groups is 1. The lowest BCUT2D eigenvalue weighted by atomic mass is 9.88. The minimum Gasteiger partial charge on any atom is -0.481 e. The summed E-state index contributed by atoms with van der Waals surface area (Å²) in [4.78, 5) is 10.9. The van der Waals surface area contributed by atoms with E-state index in [2.05, 4.69) is 0 Å². The van der Waals surface area contributed by atoms with Gasteiger partial charge in [-0.3, -0.25) is 4.79 Å². The average Bonchev–Trinajstić information content (AvgIpc) is 2.60. The smallest absolute Gasteiger partial charge is 0.307 e. The maximum Gasteiger partial charge on any atom is 0.307 e. The largest absolute Gasteiger partial charge is 0.481 e. The van der Waals surface area contributed by atoms with Gasteiger partial charge in [-0.15, -0.1) is 0 Å². The Bertz CT molecular complexity index is 205. The number of carboxylic acid groups (broad SMARTS) is 1. The molecule has 1 N–H and O–H groups in total. The Balaban J connectivity index is 2.16. The van der Waals surface area contributed by atoms with Crippen molar-refractivity contribution in [1.82, 2.24) is 0 Å². The van der Waals surface area contributed by atoms with Gasteiger partial charge in [-0.2, -0.15) is 11.8 Å². The summed E-state index contributed by atoms with van der Waals surface area (Å²) in [5.74, 6) is 0.580. The lowest BCUT2D eigenvalue weighted by Crippen LogP contribution is -2.31. The van der Waals surface area contributed by atoms with Crippen LogP contribution in [0.3, 0.4) is 0 Å². The van der Waals surface area contributed by atoms with Gasteiger partial charge in [0.1, 0.15) is 0 Å². The lowest BCUT2D eigenvalue weighted by molar-refractivity contribution is -0.143. The van der Waals surface area contributed by atoms with Crippen LogP contribution in [0, 0.1) is 17.8 Å². The van der Waals surface area contributed by atoms with Crippen LogP contribution in [0.15, 0.2) is 0 Å². The number of carbonyl (C=O) groups is 1. The SMILES string of the molecule is CS[C@H]1[C@H]2CC[C@H](C2)[C@H]1C(=O)O. The fourth-order valence-corrected chi connectivity index (χ4v) is 4.18. The monoisotopic (exact) mass is 186 g/mol. The van der Waals surface area contributed by atoms with E-state index in [1.54, 1.807) is 11.8 Å². The van der Waals surface area contributed by atoms with Crippen molar-refractivity contribution in [3.63, 3.8) is 0 Å². The Morgan fingerprint density at radius 3 is 2.58 bits per heavy atom. The van der Waals surface area contributed by atoms with E-state index in [1.165, 1.54) is 12.8 Å². The summed E-state index contributed by atoms with van der Waals surface area (Å²) in [6.07, 6.45) is 5.63. The fourth-order valence-electron chi connectivity index (χ4n) is 2.92. The van der Waals surface area contributed by atoms with Gasteiger partial charge in [0.05, 0.1) is 5.92 Å². The van der Waals surface area contributed by atoms with Crippen LogP contribution in [0.25, 0.3) is 0 Å². The third-order valence-corrected chi connectivity index (χ3v) is 4.62. The third kappa shape index (κ3) is 1.06. The number of carboxylic acids is 1. The van der Waals surface area contributed by atoms with Crippen molar-refractivity contribution in [2.75, 3.05) is 6.26 Å². The molecule has 0 aromatic carbocycles. The second kappa shape index (κ2) is 2.95. The van der Waals surface area contributed by atoms with Crippen molar-refractivity contribution in [1.29, 1.82) is 0 Å². The van der Waals surface area contributed by atoms with E-state index < -0.39 is 5.97 Å². The Kier molecular flexibility index (Phi) is 2.07. The first-order valence-corrected chi connectivity index (χ1v) is 5.78. The van der Waals surface area contributed by atoms with Crippen molar-refractivity contribution in [3.05, 3.63) is 0 Å². The third-order valence-electron chi connectivity index (χ3n) is 3.40. The molecule has 2 nitrogen and oxygen atoms in total. The van der Waals surface area contributed by atoms with Gasteiger partial charge in [0.25, 0.3) is 0 Å². The van der Waals surface area contributed by atoms with Crippen molar-refractivity contribution < 1.29 is 9.90 Å². The maximum absolute atomic E-state index is 10.9. The number of fused-ring (bicyclic) bond motifs is 2. The van der Waals surface area contributed by atoms with E-state index in [4.69, 9.17) is 5.11 Å². The van der Waals surface area contributed by atoms with E-state index in [9.17, 15) is 4.79 Å². The molecule has 0 heterocycles. The zero-order valence-electron chi connectivity index (χ0n) is 7.19. The van der Waals surface area contributed by atoms with Gasteiger partial charge in [0, 0.05) is 5.25 Å². The van der Waals surface area contributed by atoms with Gasteiger partial charge in [0.15, 0.2) is 0 Å². The summed E-state index contributed by atoms with van der Waals surface area (Å²) in [6.45, 7) is 0. The highest BCUT2D eigenvalue weighted by Gasteiger charge is 2.50. The predicted molar refractivity (Wildman–Crippen MR) is 49.3 cm³/mol. The minimum absolute atomic E-state index is 0.0428. The summed E-state index contributed by atoms with van der Waals surface area (Å²) in [7, 11) is 0. The molecule has 3 heteroatoms. The van der Waals surface area contributed by atoms with Crippen LogP contribution >= 0.6 is 11.8 Å². The molecular weight excluding hydrogens is 172 g/mol. The molecule has 0 unspecified atom stereocenters. The summed E-state index contributed by atoms with van der Waals surface area (Å²) in [5, 5.41) is 9.43. The van der Waals surface area contributed by atoms with Gasteiger partial charge in [-0.05, 0) is 37.4 Å². The summed E-state index contributed by atoms with van der Waals surface area (Å²) in [6, 6.07) is 0. The molecular formula is C9H14O2S. The van der Waals surface area contributed by atoms with E-state index in [0.29, 0.717) is 17.1 Å². The summed E-state index contributed by atoms with van der Waals surface area (Å²) in [5.41, 5.74) is 0. The van der Waals surface area contributed by atoms with E-state index in [-0.39, 0.29) is 5.92 Å². The van der Waals surface area contributed by atoms with Crippen LogP contribution in [0.2, 0.25) is 0 Å². The topological polar surface area (TPSA) is 37.3 Å². The molecule has 0 radical (unpaired) electrons. The number of rotatable bonds is 2. The highest BCUT2D eigenvalue weighted by atomic mass is 32.2. The Morgan fingerprint density at radius 2 is 2.08 bits per heavy atom.